The number of likely N-dealkylation sites (tertiary alicyclic amines) is 1. The van der Waals surface area contributed by atoms with Crippen LogP contribution in [0.1, 0.15) is 30.1 Å². The lowest BCUT2D eigenvalue weighted by atomic mass is 10.1. The van der Waals surface area contributed by atoms with Crippen LogP contribution in [0, 0.1) is 0 Å². The number of hydrogen-bond acceptors (Lipinski definition) is 2. The minimum atomic E-state index is -0.491. The van der Waals surface area contributed by atoms with Crippen molar-refractivity contribution >= 4 is 22.7 Å². The summed E-state index contributed by atoms with van der Waals surface area (Å²) in [7, 11) is 0. The number of fused-ring (bicyclic) bond motifs is 1. The molecular weight excluding hydrogens is 266 g/mol. The summed E-state index contributed by atoms with van der Waals surface area (Å²) in [6.07, 6.45) is 3.94. The average Bonchev–Trinajstić information content (AvgIpc) is 3.16. The molecule has 1 aromatic carbocycles. The first-order valence-corrected chi connectivity index (χ1v) is 7.32. The minimum Gasteiger partial charge on any atom is -0.361 e. The highest BCUT2D eigenvalue weighted by Crippen LogP contribution is 2.14. The van der Waals surface area contributed by atoms with E-state index in [0.717, 1.165) is 36.8 Å². The zero-order chi connectivity index (χ0) is 14.8. The van der Waals surface area contributed by atoms with E-state index >= 15 is 0 Å². The number of aromatic nitrogens is 1. The van der Waals surface area contributed by atoms with Crippen LogP contribution < -0.4 is 5.32 Å². The Balaban J connectivity index is 1.68. The fraction of sp³-hybridized carbons (Fsp3) is 0.375. The molecule has 21 heavy (non-hydrogen) atoms. The molecule has 0 aliphatic carbocycles. The molecule has 3 rings (SSSR count). The summed E-state index contributed by atoms with van der Waals surface area (Å²) in [4.78, 5) is 29.3. The van der Waals surface area contributed by atoms with E-state index in [4.69, 9.17) is 0 Å². The fourth-order valence-corrected chi connectivity index (χ4v) is 2.74. The molecule has 2 amide bonds. The van der Waals surface area contributed by atoms with Gasteiger partial charge in [0.25, 0.3) is 5.91 Å². The molecule has 1 atom stereocenters. The van der Waals surface area contributed by atoms with E-state index in [0.29, 0.717) is 5.56 Å². The third-order valence-corrected chi connectivity index (χ3v) is 3.95. The van der Waals surface area contributed by atoms with E-state index in [1.165, 1.54) is 0 Å². The van der Waals surface area contributed by atoms with Gasteiger partial charge in [0.1, 0.15) is 6.04 Å². The van der Waals surface area contributed by atoms with Gasteiger partial charge in [0.15, 0.2) is 0 Å². The Morgan fingerprint density at radius 3 is 2.76 bits per heavy atom. The monoisotopic (exact) mass is 285 g/mol. The molecule has 0 saturated carbocycles. The SMILES string of the molecule is CC(NC(=O)c1ccc2cc[nH]c2c1)C(=O)N1CCCC1. The molecular formula is C16H19N3O2. The van der Waals surface area contributed by atoms with Crippen LogP contribution in [-0.4, -0.2) is 40.8 Å². The van der Waals surface area contributed by atoms with Gasteiger partial charge in [-0.2, -0.15) is 0 Å². The second kappa shape index (κ2) is 5.60. The van der Waals surface area contributed by atoms with E-state index in [2.05, 4.69) is 10.3 Å². The van der Waals surface area contributed by atoms with Crippen LogP contribution in [0.25, 0.3) is 10.9 Å². The van der Waals surface area contributed by atoms with E-state index in [1.54, 1.807) is 19.1 Å². The molecule has 0 radical (unpaired) electrons. The van der Waals surface area contributed by atoms with Crippen LogP contribution in [-0.2, 0) is 4.79 Å². The second-order valence-corrected chi connectivity index (χ2v) is 5.51. The Morgan fingerprint density at radius 2 is 2.00 bits per heavy atom. The van der Waals surface area contributed by atoms with E-state index in [1.807, 2.05) is 23.2 Å². The van der Waals surface area contributed by atoms with Crippen molar-refractivity contribution in [3.63, 3.8) is 0 Å². The van der Waals surface area contributed by atoms with E-state index < -0.39 is 6.04 Å². The molecule has 2 N–H and O–H groups in total. The topological polar surface area (TPSA) is 65.2 Å². The molecule has 2 heterocycles. The number of rotatable bonds is 3. The highest BCUT2D eigenvalue weighted by molar-refractivity contribution is 6.00. The van der Waals surface area contributed by atoms with Crippen LogP contribution in [0.3, 0.4) is 0 Å². The molecule has 1 fully saturated rings. The van der Waals surface area contributed by atoms with Gasteiger partial charge in [0.05, 0.1) is 0 Å². The molecule has 2 aromatic rings. The largest absolute Gasteiger partial charge is 0.361 e. The van der Waals surface area contributed by atoms with Crippen molar-refractivity contribution in [2.24, 2.45) is 0 Å². The van der Waals surface area contributed by atoms with Gasteiger partial charge >= 0.3 is 0 Å². The molecule has 0 spiro atoms. The van der Waals surface area contributed by atoms with Gasteiger partial charge in [0, 0.05) is 30.4 Å². The number of carbonyl (C=O) groups excluding carboxylic acids is 2. The number of benzene rings is 1. The molecule has 1 unspecified atom stereocenters. The van der Waals surface area contributed by atoms with Gasteiger partial charge in [-0.15, -0.1) is 0 Å². The van der Waals surface area contributed by atoms with Gasteiger partial charge in [-0.1, -0.05) is 6.07 Å². The number of amides is 2. The van der Waals surface area contributed by atoms with E-state index in [-0.39, 0.29) is 11.8 Å². The quantitative estimate of drug-likeness (QED) is 0.904. The number of nitrogens with zero attached hydrogens (tertiary/aromatic N) is 1. The zero-order valence-electron chi connectivity index (χ0n) is 12.1. The molecule has 1 aliphatic heterocycles. The van der Waals surface area contributed by atoms with E-state index in [9.17, 15) is 9.59 Å². The summed E-state index contributed by atoms with van der Waals surface area (Å²) >= 11 is 0. The highest BCUT2D eigenvalue weighted by Gasteiger charge is 2.24. The predicted octanol–water partition coefficient (Wildman–Crippen LogP) is 1.91. The Morgan fingerprint density at radius 1 is 1.24 bits per heavy atom. The lowest BCUT2D eigenvalue weighted by molar-refractivity contribution is -0.131. The first kappa shape index (κ1) is 13.7. The Hall–Kier alpha value is -2.30. The molecule has 110 valence electrons. The van der Waals surface area contributed by atoms with Crippen LogP contribution in [0.5, 0.6) is 0 Å². The lowest BCUT2D eigenvalue weighted by Gasteiger charge is -2.21. The van der Waals surface area contributed by atoms with Crippen molar-refractivity contribution in [1.29, 1.82) is 0 Å². The summed E-state index contributed by atoms with van der Waals surface area (Å²) in [5.74, 6) is -0.214. The van der Waals surface area contributed by atoms with Gasteiger partial charge in [-0.05, 0) is 43.4 Å². The molecule has 1 saturated heterocycles. The van der Waals surface area contributed by atoms with Crippen LogP contribution in [0.2, 0.25) is 0 Å². The predicted molar refractivity (Wildman–Crippen MR) is 81.0 cm³/mol. The Bertz CT molecular complexity index is 671. The number of aromatic amines is 1. The maximum atomic E-state index is 12.2. The first-order chi connectivity index (χ1) is 10.1. The van der Waals surface area contributed by atoms with Crippen LogP contribution >= 0.6 is 0 Å². The summed E-state index contributed by atoms with van der Waals surface area (Å²) in [6, 6.07) is 6.94. The third-order valence-electron chi connectivity index (χ3n) is 3.95. The molecule has 0 bridgehead atoms. The van der Waals surface area contributed by atoms with Gasteiger partial charge < -0.3 is 15.2 Å². The molecule has 5 nitrogen and oxygen atoms in total. The third kappa shape index (κ3) is 2.77. The van der Waals surface area contributed by atoms with Gasteiger partial charge in [-0.25, -0.2) is 0 Å². The number of hydrogen-bond donors (Lipinski definition) is 2. The Kier molecular flexibility index (Phi) is 3.64. The molecule has 1 aromatic heterocycles. The second-order valence-electron chi connectivity index (χ2n) is 5.51. The van der Waals surface area contributed by atoms with Crippen molar-refractivity contribution in [1.82, 2.24) is 15.2 Å². The summed E-state index contributed by atoms with van der Waals surface area (Å²) in [5, 5.41) is 3.85. The molecule has 5 heteroatoms. The average molecular weight is 285 g/mol. The Labute approximate surface area is 123 Å². The van der Waals surface area contributed by atoms with Gasteiger partial charge in [0.2, 0.25) is 5.91 Å². The van der Waals surface area contributed by atoms with Crippen molar-refractivity contribution < 1.29 is 9.59 Å². The summed E-state index contributed by atoms with van der Waals surface area (Å²) < 4.78 is 0. The first-order valence-electron chi connectivity index (χ1n) is 7.32. The van der Waals surface area contributed by atoms with Crippen LogP contribution in [0.15, 0.2) is 30.5 Å². The van der Waals surface area contributed by atoms with Gasteiger partial charge in [-0.3, -0.25) is 9.59 Å². The summed E-state index contributed by atoms with van der Waals surface area (Å²) in [5.41, 5.74) is 1.48. The normalized spacial score (nSPS) is 16.1. The lowest BCUT2D eigenvalue weighted by Crippen LogP contribution is -2.45. The van der Waals surface area contributed by atoms with Crippen molar-refractivity contribution in [3.05, 3.63) is 36.0 Å². The number of carbonyl (C=O) groups is 2. The summed E-state index contributed by atoms with van der Waals surface area (Å²) in [6.45, 7) is 3.34. The van der Waals surface area contributed by atoms with Crippen molar-refractivity contribution in [3.8, 4) is 0 Å². The minimum absolute atomic E-state index is 0.00167. The smallest absolute Gasteiger partial charge is 0.251 e. The van der Waals surface area contributed by atoms with Crippen LogP contribution in [0.4, 0.5) is 0 Å². The van der Waals surface area contributed by atoms with Crippen molar-refractivity contribution in [2.45, 2.75) is 25.8 Å². The van der Waals surface area contributed by atoms with Crippen molar-refractivity contribution in [2.75, 3.05) is 13.1 Å². The molecule has 1 aliphatic rings. The fourth-order valence-electron chi connectivity index (χ4n) is 2.74. The maximum absolute atomic E-state index is 12.2. The standard InChI is InChI=1S/C16H19N3O2/c1-11(16(21)19-8-2-3-9-19)18-15(20)13-5-4-12-6-7-17-14(12)10-13/h4-7,10-11,17H,2-3,8-9H2,1H3,(H,18,20). The zero-order valence-corrected chi connectivity index (χ0v) is 12.1. The highest BCUT2D eigenvalue weighted by atomic mass is 16.2. The number of nitrogens with one attached hydrogen (secondary N) is 2. The number of H-pyrrole nitrogens is 1. The maximum Gasteiger partial charge on any atom is 0.251 e.